The SMILES string of the molecule is C[C@@H](OC(C)(C)C)[C@H](NS(=O)(=O)c1ccccc1[N+](=O)[O-])C(=O)OC(C)(C)C. The van der Waals surface area contributed by atoms with Crippen molar-refractivity contribution in [2.24, 2.45) is 0 Å². The van der Waals surface area contributed by atoms with E-state index in [9.17, 15) is 23.3 Å². The quantitative estimate of drug-likeness (QED) is 0.411. The van der Waals surface area contributed by atoms with Crippen LogP contribution in [0.15, 0.2) is 29.2 Å². The molecule has 0 aliphatic heterocycles. The molecule has 0 radical (unpaired) electrons. The van der Waals surface area contributed by atoms with E-state index < -0.39 is 54.8 Å². The first-order valence-electron chi connectivity index (χ1n) is 8.70. The lowest BCUT2D eigenvalue weighted by molar-refractivity contribution is -0.387. The molecule has 1 aromatic carbocycles. The number of hydrogen-bond acceptors (Lipinski definition) is 7. The van der Waals surface area contributed by atoms with Crippen LogP contribution in [0.4, 0.5) is 5.69 Å². The molecule has 10 heteroatoms. The van der Waals surface area contributed by atoms with E-state index in [-0.39, 0.29) is 0 Å². The van der Waals surface area contributed by atoms with E-state index in [4.69, 9.17) is 9.47 Å². The zero-order valence-corrected chi connectivity index (χ0v) is 18.0. The fourth-order valence-electron chi connectivity index (χ4n) is 2.39. The van der Waals surface area contributed by atoms with Gasteiger partial charge in [0.25, 0.3) is 5.69 Å². The Morgan fingerprint density at radius 2 is 1.64 bits per heavy atom. The fraction of sp³-hybridized carbons (Fsp3) is 0.611. The summed E-state index contributed by atoms with van der Waals surface area (Å²) in [4.78, 5) is 22.5. The third-order valence-corrected chi connectivity index (χ3v) is 4.79. The number of nitro groups is 1. The summed E-state index contributed by atoms with van der Waals surface area (Å²) in [6.45, 7) is 11.7. The molecule has 0 amide bonds. The summed E-state index contributed by atoms with van der Waals surface area (Å²) in [5.41, 5.74) is -2.12. The monoisotopic (exact) mass is 416 g/mol. The highest BCUT2D eigenvalue weighted by atomic mass is 32.2. The molecule has 28 heavy (non-hydrogen) atoms. The number of para-hydroxylation sites is 1. The first-order valence-corrected chi connectivity index (χ1v) is 10.2. The van der Waals surface area contributed by atoms with Gasteiger partial charge in [-0.1, -0.05) is 12.1 Å². The molecule has 0 fully saturated rings. The maximum absolute atomic E-state index is 12.8. The van der Waals surface area contributed by atoms with Crippen LogP contribution in [0.5, 0.6) is 0 Å². The molecule has 0 aromatic heterocycles. The number of carbonyl (C=O) groups is 1. The molecular formula is C18H28N2O7S. The van der Waals surface area contributed by atoms with E-state index in [1.54, 1.807) is 41.5 Å². The van der Waals surface area contributed by atoms with E-state index in [2.05, 4.69) is 4.72 Å². The van der Waals surface area contributed by atoms with Crippen LogP contribution in [0.2, 0.25) is 0 Å². The average molecular weight is 416 g/mol. The Kier molecular flexibility index (Phi) is 7.32. The molecule has 0 saturated heterocycles. The van der Waals surface area contributed by atoms with Crippen molar-refractivity contribution in [2.75, 3.05) is 0 Å². The van der Waals surface area contributed by atoms with Gasteiger partial charge < -0.3 is 9.47 Å². The zero-order valence-electron chi connectivity index (χ0n) is 17.2. The van der Waals surface area contributed by atoms with Gasteiger partial charge in [0.15, 0.2) is 4.90 Å². The molecule has 0 bridgehead atoms. The van der Waals surface area contributed by atoms with Crippen molar-refractivity contribution in [1.29, 1.82) is 0 Å². The van der Waals surface area contributed by atoms with Crippen molar-refractivity contribution in [3.8, 4) is 0 Å². The van der Waals surface area contributed by atoms with Crippen LogP contribution in [0.1, 0.15) is 48.5 Å². The topological polar surface area (TPSA) is 125 Å². The molecule has 1 rings (SSSR count). The zero-order chi connectivity index (χ0) is 21.9. The van der Waals surface area contributed by atoms with Gasteiger partial charge in [0.1, 0.15) is 11.6 Å². The smallest absolute Gasteiger partial charge is 0.327 e. The standard InChI is InChI=1S/C18H28N2O7S/c1-12(26-17(2,3)4)15(16(21)27-18(5,6)7)19-28(24,25)14-11-9-8-10-13(14)20(22)23/h8-12,15,19H,1-7H3/t12-,15+/m1/s1. The van der Waals surface area contributed by atoms with Gasteiger partial charge in [-0.15, -0.1) is 0 Å². The number of esters is 1. The number of rotatable bonds is 7. The second kappa shape index (κ2) is 8.54. The molecule has 1 N–H and O–H groups in total. The van der Waals surface area contributed by atoms with Gasteiger partial charge in [0, 0.05) is 6.07 Å². The predicted molar refractivity (Wildman–Crippen MR) is 103 cm³/mol. The van der Waals surface area contributed by atoms with Crippen molar-refractivity contribution in [3.05, 3.63) is 34.4 Å². The molecule has 9 nitrogen and oxygen atoms in total. The molecule has 2 atom stereocenters. The van der Waals surface area contributed by atoms with Crippen LogP contribution in [0.3, 0.4) is 0 Å². The van der Waals surface area contributed by atoms with Crippen LogP contribution in [-0.2, 0) is 24.3 Å². The Morgan fingerprint density at radius 1 is 1.11 bits per heavy atom. The van der Waals surface area contributed by atoms with Crippen molar-refractivity contribution in [2.45, 2.75) is 76.7 Å². The van der Waals surface area contributed by atoms with Crippen LogP contribution >= 0.6 is 0 Å². The molecule has 0 aliphatic carbocycles. The first kappa shape index (κ1) is 24.0. The number of ether oxygens (including phenoxy) is 2. The molecule has 0 saturated carbocycles. The molecule has 1 aromatic rings. The van der Waals surface area contributed by atoms with Gasteiger partial charge in [0.05, 0.1) is 16.6 Å². The van der Waals surface area contributed by atoms with E-state index in [0.29, 0.717) is 0 Å². The molecule has 0 spiro atoms. The summed E-state index contributed by atoms with van der Waals surface area (Å²) >= 11 is 0. The molecule has 0 heterocycles. The Hall–Kier alpha value is -2.04. The highest BCUT2D eigenvalue weighted by molar-refractivity contribution is 7.89. The highest BCUT2D eigenvalue weighted by Gasteiger charge is 2.38. The number of benzene rings is 1. The summed E-state index contributed by atoms with van der Waals surface area (Å²) in [7, 11) is -4.41. The number of sulfonamides is 1. The molecule has 0 aliphatic rings. The second-order valence-corrected chi connectivity index (χ2v) is 9.98. The molecular weight excluding hydrogens is 388 g/mol. The van der Waals surface area contributed by atoms with E-state index in [1.165, 1.54) is 19.1 Å². The predicted octanol–water partition coefficient (Wildman–Crippen LogP) is 2.79. The maximum atomic E-state index is 12.8. The summed E-state index contributed by atoms with van der Waals surface area (Å²) in [6.07, 6.45) is -0.896. The molecule has 158 valence electrons. The molecule has 0 unspecified atom stereocenters. The van der Waals surface area contributed by atoms with E-state index >= 15 is 0 Å². The first-order chi connectivity index (χ1) is 12.5. The van der Waals surface area contributed by atoms with Crippen molar-refractivity contribution < 1.29 is 27.6 Å². The highest BCUT2D eigenvalue weighted by Crippen LogP contribution is 2.24. The Bertz CT molecular complexity index is 823. The largest absolute Gasteiger partial charge is 0.459 e. The summed E-state index contributed by atoms with van der Waals surface area (Å²) in [5, 5.41) is 11.2. The summed E-state index contributed by atoms with van der Waals surface area (Å²) < 4.78 is 38.9. The maximum Gasteiger partial charge on any atom is 0.327 e. The Balaban J connectivity index is 3.31. The minimum Gasteiger partial charge on any atom is -0.459 e. The van der Waals surface area contributed by atoms with Crippen LogP contribution in [-0.4, -0.2) is 42.7 Å². The fourth-order valence-corrected chi connectivity index (χ4v) is 3.82. The van der Waals surface area contributed by atoms with Gasteiger partial charge in [-0.2, -0.15) is 4.72 Å². The van der Waals surface area contributed by atoms with Crippen molar-refractivity contribution >= 4 is 21.7 Å². The number of hydrogen-bond donors (Lipinski definition) is 1. The number of nitro benzene ring substituents is 1. The van der Waals surface area contributed by atoms with Crippen LogP contribution in [0, 0.1) is 10.1 Å². The number of nitrogens with one attached hydrogen (secondary N) is 1. The van der Waals surface area contributed by atoms with Gasteiger partial charge in [0.2, 0.25) is 10.0 Å². The van der Waals surface area contributed by atoms with Crippen LogP contribution in [0.25, 0.3) is 0 Å². The average Bonchev–Trinajstić information content (AvgIpc) is 2.49. The minimum absolute atomic E-state index is 0.545. The minimum atomic E-state index is -4.41. The normalized spacial score (nSPS) is 15.0. The third kappa shape index (κ3) is 7.17. The number of carbonyl (C=O) groups excluding carboxylic acids is 1. The van der Waals surface area contributed by atoms with Gasteiger partial charge in [-0.05, 0) is 54.5 Å². The Labute approximate surface area is 165 Å². The third-order valence-electron chi connectivity index (χ3n) is 3.30. The summed E-state index contributed by atoms with van der Waals surface area (Å²) in [6, 6.07) is 3.49. The van der Waals surface area contributed by atoms with Gasteiger partial charge >= 0.3 is 5.97 Å². The second-order valence-electron chi connectivity index (χ2n) is 8.29. The lowest BCUT2D eigenvalue weighted by Gasteiger charge is -2.31. The van der Waals surface area contributed by atoms with E-state index in [1.807, 2.05) is 0 Å². The van der Waals surface area contributed by atoms with Gasteiger partial charge in [-0.25, -0.2) is 8.42 Å². The van der Waals surface area contributed by atoms with Crippen molar-refractivity contribution in [3.63, 3.8) is 0 Å². The Morgan fingerprint density at radius 3 is 2.11 bits per heavy atom. The number of nitrogens with zero attached hydrogens (tertiary/aromatic N) is 1. The lowest BCUT2D eigenvalue weighted by Crippen LogP contribution is -2.52. The van der Waals surface area contributed by atoms with Crippen molar-refractivity contribution in [1.82, 2.24) is 4.72 Å². The lowest BCUT2D eigenvalue weighted by atomic mass is 10.1. The van der Waals surface area contributed by atoms with Crippen LogP contribution < -0.4 is 4.72 Å². The van der Waals surface area contributed by atoms with E-state index in [0.717, 1.165) is 12.1 Å². The van der Waals surface area contributed by atoms with Gasteiger partial charge in [-0.3, -0.25) is 14.9 Å². The summed E-state index contributed by atoms with van der Waals surface area (Å²) in [5.74, 6) is -0.841.